The van der Waals surface area contributed by atoms with Crippen LogP contribution in [-0.2, 0) is 4.74 Å². The number of ether oxygens (including phenoxy) is 1. The molecule has 0 aliphatic heterocycles. The average molecular weight is 480 g/mol. The lowest BCUT2D eigenvalue weighted by molar-refractivity contribution is 0.0521. The van der Waals surface area contributed by atoms with Gasteiger partial charge < -0.3 is 14.9 Å². The van der Waals surface area contributed by atoms with Gasteiger partial charge in [-0.05, 0) is 50.9 Å². The molecular weight excluding hydrogens is 451 g/mol. The summed E-state index contributed by atoms with van der Waals surface area (Å²) in [4.78, 5) is 15.7. The summed E-state index contributed by atoms with van der Waals surface area (Å²) in [6, 6.07) is 0. The fourth-order valence-electron chi connectivity index (χ4n) is 3.60. The molecule has 1 fully saturated rings. The molecule has 0 aromatic carbocycles. The van der Waals surface area contributed by atoms with Crippen molar-refractivity contribution in [2.75, 3.05) is 12.9 Å². The second-order valence-corrected chi connectivity index (χ2v) is 10.1. The van der Waals surface area contributed by atoms with E-state index in [0.29, 0.717) is 6.42 Å². The molecule has 0 saturated heterocycles. The van der Waals surface area contributed by atoms with Crippen LogP contribution < -0.4 is 0 Å². The molecule has 174 valence electrons. The zero-order valence-electron chi connectivity index (χ0n) is 17.5. The lowest BCUT2D eigenvalue weighted by Crippen LogP contribution is -2.23. The van der Waals surface area contributed by atoms with Crippen LogP contribution >= 0.6 is 23.1 Å². The highest BCUT2D eigenvalue weighted by atomic mass is 32.2. The molecule has 0 radical (unpaired) electrons. The zero-order chi connectivity index (χ0) is 23.0. The maximum Gasteiger partial charge on any atom is 0.357 e. The fraction of sp³-hybridized carbons (Fsp3) is 0.619. The van der Waals surface area contributed by atoms with Crippen LogP contribution in [0.15, 0.2) is 33.8 Å². The Hall–Kier alpha value is -1.36. The van der Waals surface area contributed by atoms with Crippen LogP contribution in [0.3, 0.4) is 0 Å². The lowest BCUT2D eigenvalue weighted by atomic mass is 9.90. The Morgan fingerprint density at radius 3 is 2.84 bits per heavy atom. The van der Waals surface area contributed by atoms with Gasteiger partial charge >= 0.3 is 12.0 Å². The largest absolute Gasteiger partial charge is 0.464 e. The van der Waals surface area contributed by atoms with Crippen molar-refractivity contribution in [2.45, 2.75) is 61.5 Å². The van der Waals surface area contributed by atoms with Gasteiger partial charge in [-0.1, -0.05) is 23.9 Å². The van der Waals surface area contributed by atoms with Crippen molar-refractivity contribution >= 4 is 29.1 Å². The number of rotatable bonds is 11. The number of methoxy groups -OCH3 is 1. The van der Waals surface area contributed by atoms with E-state index in [2.05, 4.69) is 9.72 Å². The number of nitrogens with zero attached hydrogens (tertiary/aromatic N) is 1. The molecule has 2 rings (SSSR count). The lowest BCUT2D eigenvalue weighted by Gasteiger charge is -2.22. The van der Waals surface area contributed by atoms with Gasteiger partial charge in [-0.15, -0.1) is 11.3 Å². The van der Waals surface area contributed by atoms with Crippen LogP contribution in [-0.4, -0.2) is 45.7 Å². The van der Waals surface area contributed by atoms with E-state index in [4.69, 9.17) is 0 Å². The van der Waals surface area contributed by atoms with Gasteiger partial charge in [0.25, 0.3) is 0 Å². The van der Waals surface area contributed by atoms with Gasteiger partial charge in [0, 0.05) is 17.6 Å². The summed E-state index contributed by atoms with van der Waals surface area (Å²) in [5.74, 6) is -1.01. The molecule has 1 saturated carbocycles. The monoisotopic (exact) mass is 479 g/mol. The first-order valence-corrected chi connectivity index (χ1v) is 11.9. The number of thiazole rings is 1. The van der Waals surface area contributed by atoms with E-state index in [1.54, 1.807) is 11.5 Å². The molecule has 4 atom stereocenters. The molecule has 0 unspecified atom stereocenters. The molecule has 31 heavy (non-hydrogen) atoms. The molecule has 0 amide bonds. The number of carbonyl (C=O) groups excluding carboxylic acids is 1. The van der Waals surface area contributed by atoms with Gasteiger partial charge in [0.05, 0.1) is 18.8 Å². The summed E-state index contributed by atoms with van der Waals surface area (Å²) in [7, 11) is 1.31. The summed E-state index contributed by atoms with van der Waals surface area (Å²) in [5, 5.41) is 22.3. The molecule has 1 heterocycles. The van der Waals surface area contributed by atoms with Gasteiger partial charge in [0.1, 0.15) is 0 Å². The number of aliphatic hydroxyl groups is 2. The Morgan fingerprint density at radius 1 is 1.42 bits per heavy atom. The van der Waals surface area contributed by atoms with Crippen molar-refractivity contribution in [3.63, 3.8) is 0 Å². The smallest absolute Gasteiger partial charge is 0.357 e. The number of carbonyl (C=O) groups is 1. The minimum Gasteiger partial charge on any atom is -0.464 e. The van der Waals surface area contributed by atoms with Gasteiger partial charge in [-0.25, -0.2) is 14.2 Å². The number of thioether (sulfide) groups is 1. The number of aliphatic hydroxyl groups excluding tert-OH is 1. The van der Waals surface area contributed by atoms with Crippen molar-refractivity contribution in [3.8, 4) is 0 Å². The highest BCUT2D eigenvalue weighted by Gasteiger charge is 2.33. The highest BCUT2D eigenvalue weighted by Crippen LogP contribution is 2.37. The van der Waals surface area contributed by atoms with Crippen LogP contribution in [0.5, 0.6) is 0 Å². The number of esters is 1. The van der Waals surface area contributed by atoms with Crippen LogP contribution in [0.4, 0.5) is 13.2 Å². The first-order valence-electron chi connectivity index (χ1n) is 10.1. The van der Waals surface area contributed by atoms with Crippen molar-refractivity contribution in [2.24, 2.45) is 11.8 Å². The average Bonchev–Trinajstić information content (AvgIpc) is 3.33. The van der Waals surface area contributed by atoms with Crippen LogP contribution in [0.1, 0.15) is 55.9 Å². The minimum atomic E-state index is -2.34. The summed E-state index contributed by atoms with van der Waals surface area (Å²) in [6.07, 6.45) is 2.89. The van der Waals surface area contributed by atoms with E-state index in [1.807, 2.05) is 6.08 Å². The normalized spacial score (nSPS) is 23.1. The molecule has 1 aliphatic rings. The third kappa shape index (κ3) is 8.25. The summed E-state index contributed by atoms with van der Waals surface area (Å²) >= 11 is 2.90. The third-order valence-corrected chi connectivity index (χ3v) is 7.48. The highest BCUT2D eigenvalue weighted by molar-refractivity contribution is 8.01. The van der Waals surface area contributed by atoms with E-state index in [9.17, 15) is 28.2 Å². The Balaban J connectivity index is 1.82. The number of halogens is 3. The first-order chi connectivity index (χ1) is 14.6. The van der Waals surface area contributed by atoms with Crippen LogP contribution in [0.2, 0.25) is 0 Å². The van der Waals surface area contributed by atoms with Crippen molar-refractivity contribution < 1.29 is 32.9 Å². The van der Waals surface area contributed by atoms with Crippen LogP contribution in [0.25, 0.3) is 0 Å². The molecule has 1 aromatic heterocycles. The van der Waals surface area contributed by atoms with Crippen molar-refractivity contribution in [1.29, 1.82) is 0 Å². The van der Waals surface area contributed by atoms with Gasteiger partial charge in [-0.3, -0.25) is 0 Å². The zero-order valence-corrected chi connectivity index (χ0v) is 19.2. The van der Waals surface area contributed by atoms with Gasteiger partial charge in [0.15, 0.2) is 15.9 Å². The molecule has 1 aliphatic carbocycles. The van der Waals surface area contributed by atoms with E-state index in [-0.39, 0.29) is 30.4 Å². The minimum absolute atomic E-state index is 0.0646. The van der Waals surface area contributed by atoms with E-state index >= 15 is 0 Å². The predicted molar refractivity (Wildman–Crippen MR) is 115 cm³/mol. The standard InChI is InChI=1S/C21H28F3NO4S2/c1-21(28,10-7-15(22)18(23)24)9-3-4-13-5-6-17(26)14(13)8-11-30-20-25-16(12-31-20)19(27)29-2/h3-4,12-14,17,26,28H,5-11H2,1-2H3/b4-3+/t13-,14-,17+,21-/m1/s1. The second-order valence-electron chi connectivity index (χ2n) is 7.89. The number of allylic oxidation sites excluding steroid dienone is 2. The summed E-state index contributed by atoms with van der Waals surface area (Å²) < 4.78 is 42.7. The SMILES string of the molecule is COC(=O)c1csc(SCC[C@@H]2[C@H](/C=C/C[C@@](C)(O)CCC(F)=C(F)F)CC[C@@H]2O)n1. The molecule has 1 aromatic rings. The molecule has 10 heteroatoms. The Labute approximate surface area is 188 Å². The quantitative estimate of drug-likeness (QED) is 0.253. The van der Waals surface area contributed by atoms with E-state index < -0.39 is 36.0 Å². The summed E-state index contributed by atoms with van der Waals surface area (Å²) in [6.45, 7) is 1.50. The fourth-order valence-corrected chi connectivity index (χ4v) is 5.51. The molecule has 5 nitrogen and oxygen atoms in total. The molecule has 2 N–H and O–H groups in total. The van der Waals surface area contributed by atoms with Crippen LogP contribution in [0, 0.1) is 11.8 Å². The maximum absolute atomic E-state index is 13.0. The van der Waals surface area contributed by atoms with E-state index in [0.717, 1.165) is 22.9 Å². The Kier molecular flexibility index (Phi) is 10.1. The first kappa shape index (κ1) is 25.9. The van der Waals surface area contributed by atoms with Gasteiger partial charge in [-0.2, -0.15) is 8.78 Å². The van der Waals surface area contributed by atoms with E-state index in [1.165, 1.54) is 37.1 Å². The van der Waals surface area contributed by atoms with Gasteiger partial charge in [0.2, 0.25) is 0 Å². The Bertz CT molecular complexity index is 793. The number of aromatic nitrogens is 1. The third-order valence-electron chi connectivity index (χ3n) is 5.42. The van der Waals surface area contributed by atoms with Crippen molar-refractivity contribution in [3.05, 3.63) is 35.1 Å². The Morgan fingerprint density at radius 2 is 2.16 bits per heavy atom. The maximum atomic E-state index is 13.0. The second kappa shape index (κ2) is 12.0. The predicted octanol–water partition coefficient (Wildman–Crippen LogP) is 5.35. The number of hydrogen-bond donors (Lipinski definition) is 2. The van der Waals surface area contributed by atoms with Crippen molar-refractivity contribution in [1.82, 2.24) is 4.98 Å². The number of hydrogen-bond acceptors (Lipinski definition) is 7. The molecule has 0 bridgehead atoms. The topological polar surface area (TPSA) is 79.7 Å². The summed E-state index contributed by atoms with van der Waals surface area (Å²) in [5.41, 5.74) is -0.998. The molecule has 0 spiro atoms. The molecular formula is C21H28F3NO4S2.